The largest absolute Gasteiger partial charge is 0.483 e. The summed E-state index contributed by atoms with van der Waals surface area (Å²) < 4.78 is 7.89. The van der Waals surface area contributed by atoms with Gasteiger partial charge in [-0.1, -0.05) is 53.2 Å². The molecule has 0 aliphatic heterocycles. The van der Waals surface area contributed by atoms with E-state index in [2.05, 4.69) is 15.5 Å². The van der Waals surface area contributed by atoms with E-state index in [1.54, 1.807) is 18.2 Å². The van der Waals surface area contributed by atoms with Gasteiger partial charge in [-0.3, -0.25) is 4.79 Å². The Hall–Kier alpha value is -2.22. The SMILES string of the molecule is CCn1c(SCC(=O)Nc2ccc(Cl)cc2Cl)nnc1[C@H](C)Oc1ccccc1. The Morgan fingerprint density at radius 2 is 1.97 bits per heavy atom. The molecule has 1 aromatic heterocycles. The van der Waals surface area contributed by atoms with Gasteiger partial charge in [-0.15, -0.1) is 10.2 Å². The number of nitrogens with zero attached hydrogens (tertiary/aromatic N) is 3. The number of thioether (sulfide) groups is 1. The number of ether oxygens (including phenoxy) is 1. The average Bonchev–Trinajstić information content (AvgIpc) is 3.12. The molecule has 0 aliphatic rings. The third-order valence-electron chi connectivity index (χ3n) is 4.02. The van der Waals surface area contributed by atoms with Crippen LogP contribution in [0.3, 0.4) is 0 Å². The Bertz CT molecular complexity index is 982. The highest BCUT2D eigenvalue weighted by Gasteiger charge is 2.19. The molecule has 1 N–H and O–H groups in total. The molecule has 152 valence electrons. The molecular weight excluding hydrogens is 431 g/mol. The number of aromatic nitrogens is 3. The zero-order chi connectivity index (χ0) is 20.8. The second-order valence-corrected chi connectivity index (χ2v) is 7.91. The van der Waals surface area contributed by atoms with Crippen LogP contribution < -0.4 is 10.1 Å². The van der Waals surface area contributed by atoms with Crippen LogP contribution in [-0.4, -0.2) is 26.4 Å². The molecule has 0 saturated carbocycles. The van der Waals surface area contributed by atoms with E-state index in [-0.39, 0.29) is 17.8 Å². The minimum Gasteiger partial charge on any atom is -0.483 e. The number of nitrogens with one attached hydrogen (secondary N) is 1. The Morgan fingerprint density at radius 1 is 1.21 bits per heavy atom. The summed E-state index contributed by atoms with van der Waals surface area (Å²) in [6.07, 6.45) is -0.277. The smallest absolute Gasteiger partial charge is 0.234 e. The van der Waals surface area contributed by atoms with Crippen LogP contribution in [-0.2, 0) is 11.3 Å². The number of hydrogen-bond donors (Lipinski definition) is 1. The van der Waals surface area contributed by atoms with Crippen LogP contribution in [0.1, 0.15) is 25.8 Å². The maximum Gasteiger partial charge on any atom is 0.234 e. The molecule has 0 saturated heterocycles. The van der Waals surface area contributed by atoms with E-state index in [1.165, 1.54) is 11.8 Å². The molecule has 1 atom stereocenters. The van der Waals surface area contributed by atoms with Gasteiger partial charge in [0.2, 0.25) is 5.91 Å². The number of para-hydroxylation sites is 1. The zero-order valence-electron chi connectivity index (χ0n) is 15.9. The predicted molar refractivity (Wildman–Crippen MR) is 117 cm³/mol. The van der Waals surface area contributed by atoms with Gasteiger partial charge in [-0.05, 0) is 44.2 Å². The van der Waals surface area contributed by atoms with E-state index < -0.39 is 0 Å². The highest BCUT2D eigenvalue weighted by Crippen LogP contribution is 2.27. The first-order valence-electron chi connectivity index (χ1n) is 9.00. The standard InChI is InChI=1S/C20H20Cl2N4O2S/c1-3-26-19(13(2)28-15-7-5-4-6-8-15)24-25-20(26)29-12-18(27)23-17-10-9-14(21)11-16(17)22/h4-11,13H,3,12H2,1-2H3,(H,23,27)/t13-/m0/s1. The Kier molecular flexibility index (Phi) is 7.41. The van der Waals surface area contributed by atoms with Gasteiger partial charge in [-0.25, -0.2) is 0 Å². The normalized spacial score (nSPS) is 11.9. The molecule has 6 nitrogen and oxygen atoms in total. The summed E-state index contributed by atoms with van der Waals surface area (Å²) in [5, 5.41) is 12.8. The van der Waals surface area contributed by atoms with Crippen molar-refractivity contribution < 1.29 is 9.53 Å². The van der Waals surface area contributed by atoms with Crippen molar-refractivity contribution in [2.24, 2.45) is 0 Å². The fraction of sp³-hybridized carbons (Fsp3) is 0.250. The maximum absolute atomic E-state index is 12.3. The molecular formula is C20H20Cl2N4O2S. The number of amides is 1. The van der Waals surface area contributed by atoms with E-state index in [9.17, 15) is 4.79 Å². The van der Waals surface area contributed by atoms with Crippen molar-refractivity contribution in [2.75, 3.05) is 11.1 Å². The topological polar surface area (TPSA) is 69.0 Å². The summed E-state index contributed by atoms with van der Waals surface area (Å²) in [6, 6.07) is 14.5. The lowest BCUT2D eigenvalue weighted by atomic mass is 10.3. The number of carbonyl (C=O) groups is 1. The number of carbonyl (C=O) groups excluding carboxylic acids is 1. The molecule has 0 aliphatic carbocycles. The molecule has 0 spiro atoms. The van der Waals surface area contributed by atoms with Crippen LogP contribution >= 0.6 is 35.0 Å². The second-order valence-electron chi connectivity index (χ2n) is 6.12. The number of benzene rings is 2. The summed E-state index contributed by atoms with van der Waals surface area (Å²) in [5.74, 6) is 1.45. The molecule has 0 fully saturated rings. The second kappa shape index (κ2) is 10.0. The first kappa shape index (κ1) is 21.5. The van der Waals surface area contributed by atoms with Crippen LogP contribution in [0.5, 0.6) is 5.75 Å². The van der Waals surface area contributed by atoms with Crippen molar-refractivity contribution in [1.82, 2.24) is 14.8 Å². The Labute approximate surface area is 183 Å². The molecule has 0 radical (unpaired) electrons. The average molecular weight is 451 g/mol. The van der Waals surface area contributed by atoms with E-state index in [0.717, 1.165) is 5.75 Å². The first-order valence-corrected chi connectivity index (χ1v) is 10.7. The van der Waals surface area contributed by atoms with Gasteiger partial charge >= 0.3 is 0 Å². The predicted octanol–water partition coefficient (Wildman–Crippen LogP) is 5.48. The zero-order valence-corrected chi connectivity index (χ0v) is 18.3. The lowest BCUT2D eigenvalue weighted by molar-refractivity contribution is -0.113. The Balaban J connectivity index is 1.63. The molecule has 29 heavy (non-hydrogen) atoms. The van der Waals surface area contributed by atoms with E-state index in [1.807, 2.05) is 48.7 Å². The van der Waals surface area contributed by atoms with Gasteiger partial charge in [0, 0.05) is 11.6 Å². The van der Waals surface area contributed by atoms with Crippen LogP contribution in [0.4, 0.5) is 5.69 Å². The third kappa shape index (κ3) is 5.65. The van der Waals surface area contributed by atoms with Gasteiger partial charge in [0.1, 0.15) is 5.75 Å². The van der Waals surface area contributed by atoms with Crippen LogP contribution in [0.15, 0.2) is 53.7 Å². The van der Waals surface area contributed by atoms with Crippen molar-refractivity contribution in [3.63, 3.8) is 0 Å². The molecule has 1 heterocycles. The van der Waals surface area contributed by atoms with Crippen LogP contribution in [0, 0.1) is 0 Å². The molecule has 3 aromatic rings. The van der Waals surface area contributed by atoms with E-state index in [4.69, 9.17) is 27.9 Å². The first-order chi connectivity index (χ1) is 14.0. The van der Waals surface area contributed by atoms with Gasteiger partial charge in [0.25, 0.3) is 0 Å². The van der Waals surface area contributed by atoms with Crippen molar-refractivity contribution in [2.45, 2.75) is 31.7 Å². The fourth-order valence-electron chi connectivity index (χ4n) is 2.67. The van der Waals surface area contributed by atoms with Crippen molar-refractivity contribution in [3.8, 4) is 5.75 Å². The summed E-state index contributed by atoms with van der Waals surface area (Å²) in [6.45, 7) is 4.59. The van der Waals surface area contributed by atoms with Gasteiger partial charge in [0.05, 0.1) is 16.5 Å². The monoisotopic (exact) mass is 450 g/mol. The molecule has 0 bridgehead atoms. The van der Waals surface area contributed by atoms with Crippen molar-refractivity contribution in [3.05, 3.63) is 64.4 Å². The molecule has 2 aromatic carbocycles. The van der Waals surface area contributed by atoms with E-state index >= 15 is 0 Å². The summed E-state index contributed by atoms with van der Waals surface area (Å²) >= 11 is 13.3. The van der Waals surface area contributed by atoms with Gasteiger partial charge in [-0.2, -0.15) is 0 Å². The lowest BCUT2D eigenvalue weighted by Crippen LogP contribution is -2.15. The minimum atomic E-state index is -0.277. The van der Waals surface area contributed by atoms with Crippen molar-refractivity contribution in [1.29, 1.82) is 0 Å². The number of rotatable bonds is 8. The number of hydrogen-bond acceptors (Lipinski definition) is 5. The van der Waals surface area contributed by atoms with Crippen molar-refractivity contribution >= 4 is 46.6 Å². The third-order valence-corrected chi connectivity index (χ3v) is 5.53. The Morgan fingerprint density at radius 3 is 2.66 bits per heavy atom. The highest BCUT2D eigenvalue weighted by molar-refractivity contribution is 7.99. The quantitative estimate of drug-likeness (QED) is 0.460. The van der Waals surface area contributed by atoms with E-state index in [0.29, 0.717) is 33.3 Å². The highest BCUT2D eigenvalue weighted by atomic mass is 35.5. The molecule has 9 heteroatoms. The molecule has 1 amide bonds. The molecule has 0 unspecified atom stereocenters. The van der Waals surface area contributed by atoms with Crippen LogP contribution in [0.25, 0.3) is 0 Å². The number of halogens is 2. The molecule has 3 rings (SSSR count). The van der Waals surface area contributed by atoms with Crippen LogP contribution in [0.2, 0.25) is 10.0 Å². The summed E-state index contributed by atoms with van der Waals surface area (Å²) in [7, 11) is 0. The van der Waals surface area contributed by atoms with Gasteiger partial charge in [0.15, 0.2) is 17.1 Å². The fourth-order valence-corrected chi connectivity index (χ4v) is 3.93. The minimum absolute atomic E-state index is 0.172. The maximum atomic E-state index is 12.3. The lowest BCUT2D eigenvalue weighted by Gasteiger charge is -2.15. The number of anilines is 1. The summed E-state index contributed by atoms with van der Waals surface area (Å²) in [5.41, 5.74) is 0.518. The van der Waals surface area contributed by atoms with Gasteiger partial charge < -0.3 is 14.6 Å². The summed E-state index contributed by atoms with van der Waals surface area (Å²) in [4.78, 5) is 12.3.